The van der Waals surface area contributed by atoms with Crippen molar-refractivity contribution in [3.05, 3.63) is 53.6 Å². The van der Waals surface area contributed by atoms with Gasteiger partial charge in [0.25, 0.3) is 5.91 Å². The lowest BCUT2D eigenvalue weighted by atomic mass is 10.2. The molecule has 1 heterocycles. The minimum Gasteiger partial charge on any atom is -0.481 e. The average Bonchev–Trinajstić information content (AvgIpc) is 2.96. The molecule has 1 amide bonds. The number of anilines is 1. The van der Waals surface area contributed by atoms with Crippen molar-refractivity contribution in [1.29, 1.82) is 0 Å². The number of rotatable bonds is 5. The summed E-state index contributed by atoms with van der Waals surface area (Å²) in [6.45, 7) is 5.88. The van der Waals surface area contributed by atoms with Gasteiger partial charge in [-0.2, -0.15) is 0 Å². The number of benzene rings is 2. The molecule has 0 bridgehead atoms. The first-order valence-electron chi connectivity index (χ1n) is 7.99. The maximum Gasteiger partial charge on any atom is 0.266 e. The Morgan fingerprint density at radius 2 is 2.00 bits per heavy atom. The lowest BCUT2D eigenvalue weighted by Crippen LogP contribution is -2.30. The summed E-state index contributed by atoms with van der Waals surface area (Å²) in [4.78, 5) is 16.8. The molecule has 1 N–H and O–H groups in total. The number of aromatic nitrogens is 1. The van der Waals surface area contributed by atoms with Crippen LogP contribution < -0.4 is 10.1 Å². The van der Waals surface area contributed by atoms with Gasteiger partial charge >= 0.3 is 0 Å². The van der Waals surface area contributed by atoms with Gasteiger partial charge in [0.2, 0.25) is 0 Å². The van der Waals surface area contributed by atoms with E-state index >= 15 is 0 Å². The Morgan fingerprint density at radius 1 is 1.25 bits per heavy atom. The fourth-order valence-electron chi connectivity index (χ4n) is 2.35. The first-order chi connectivity index (χ1) is 11.5. The van der Waals surface area contributed by atoms with E-state index in [1.54, 1.807) is 6.92 Å². The quantitative estimate of drug-likeness (QED) is 0.740. The van der Waals surface area contributed by atoms with E-state index in [4.69, 9.17) is 4.74 Å². The van der Waals surface area contributed by atoms with Gasteiger partial charge in [0.05, 0.1) is 10.2 Å². The number of carbonyl (C=O) groups is 1. The number of carbonyl (C=O) groups excluding carboxylic acids is 1. The summed E-state index contributed by atoms with van der Waals surface area (Å²) in [6.07, 6.45) is 0.388. The highest BCUT2D eigenvalue weighted by atomic mass is 32.1. The van der Waals surface area contributed by atoms with Crippen LogP contribution in [0.25, 0.3) is 10.2 Å². The van der Waals surface area contributed by atoms with Crippen LogP contribution in [0.3, 0.4) is 0 Å². The molecule has 3 rings (SSSR count). The third-order valence-corrected chi connectivity index (χ3v) is 4.72. The van der Waals surface area contributed by atoms with Gasteiger partial charge < -0.3 is 4.74 Å². The molecule has 24 heavy (non-hydrogen) atoms. The molecular formula is C19H20N2O2S. The Kier molecular flexibility index (Phi) is 4.81. The van der Waals surface area contributed by atoms with E-state index in [1.807, 2.05) is 43.3 Å². The molecule has 3 aromatic rings. The molecule has 124 valence electrons. The van der Waals surface area contributed by atoms with E-state index in [-0.39, 0.29) is 5.91 Å². The molecule has 2 aromatic carbocycles. The predicted octanol–water partition coefficient (Wildman–Crippen LogP) is 4.57. The van der Waals surface area contributed by atoms with Gasteiger partial charge in [0, 0.05) is 0 Å². The summed E-state index contributed by atoms with van der Waals surface area (Å²) in [6, 6.07) is 13.8. The first kappa shape index (κ1) is 16.5. The molecule has 0 saturated heterocycles. The van der Waals surface area contributed by atoms with E-state index in [1.165, 1.54) is 22.5 Å². The minimum atomic E-state index is -0.591. The SMILES string of the molecule is CCc1ccc(OC(C)C(=O)Nc2nc3ccc(C)cc3s2)cc1. The van der Waals surface area contributed by atoms with Crippen LogP contribution in [0.1, 0.15) is 25.0 Å². The number of hydrogen-bond donors (Lipinski definition) is 1. The Hall–Kier alpha value is -2.40. The number of hydrogen-bond acceptors (Lipinski definition) is 4. The van der Waals surface area contributed by atoms with Crippen molar-refractivity contribution in [1.82, 2.24) is 4.98 Å². The number of ether oxygens (including phenoxy) is 1. The molecule has 0 spiro atoms. The van der Waals surface area contributed by atoms with Gasteiger partial charge in [-0.3, -0.25) is 10.1 Å². The van der Waals surface area contributed by atoms with E-state index in [2.05, 4.69) is 23.3 Å². The normalized spacial score (nSPS) is 12.1. The van der Waals surface area contributed by atoms with Crippen molar-refractivity contribution in [3.8, 4) is 5.75 Å². The molecule has 0 fully saturated rings. The highest BCUT2D eigenvalue weighted by molar-refractivity contribution is 7.22. The minimum absolute atomic E-state index is 0.203. The molecule has 0 aliphatic rings. The molecule has 1 aromatic heterocycles. The van der Waals surface area contributed by atoms with Crippen LogP contribution in [0.15, 0.2) is 42.5 Å². The summed E-state index contributed by atoms with van der Waals surface area (Å²) in [5, 5.41) is 3.43. The summed E-state index contributed by atoms with van der Waals surface area (Å²) < 4.78 is 6.77. The zero-order chi connectivity index (χ0) is 17.1. The lowest BCUT2D eigenvalue weighted by molar-refractivity contribution is -0.122. The Balaban J connectivity index is 1.65. The van der Waals surface area contributed by atoms with Crippen LogP contribution in [0.2, 0.25) is 0 Å². The zero-order valence-electron chi connectivity index (χ0n) is 14.0. The number of aryl methyl sites for hydroxylation is 2. The van der Waals surface area contributed by atoms with Gasteiger partial charge in [-0.25, -0.2) is 4.98 Å². The lowest BCUT2D eigenvalue weighted by Gasteiger charge is -2.13. The van der Waals surface area contributed by atoms with Crippen molar-refractivity contribution in [3.63, 3.8) is 0 Å². The maximum atomic E-state index is 12.3. The smallest absolute Gasteiger partial charge is 0.266 e. The molecule has 0 aliphatic heterocycles. The van der Waals surface area contributed by atoms with Crippen LogP contribution in [0, 0.1) is 6.92 Å². The predicted molar refractivity (Wildman–Crippen MR) is 98.9 cm³/mol. The number of thiazole rings is 1. The monoisotopic (exact) mass is 340 g/mol. The van der Waals surface area contributed by atoms with Gasteiger partial charge in [0.15, 0.2) is 11.2 Å². The van der Waals surface area contributed by atoms with Crippen LogP contribution in [0.4, 0.5) is 5.13 Å². The van der Waals surface area contributed by atoms with E-state index in [0.717, 1.165) is 16.6 Å². The first-order valence-corrected chi connectivity index (χ1v) is 8.80. The second-order valence-corrected chi connectivity index (χ2v) is 6.77. The average molecular weight is 340 g/mol. The van der Waals surface area contributed by atoms with Gasteiger partial charge in [-0.1, -0.05) is 36.5 Å². The second-order valence-electron chi connectivity index (χ2n) is 5.74. The summed E-state index contributed by atoms with van der Waals surface area (Å²) in [5.74, 6) is 0.486. The van der Waals surface area contributed by atoms with E-state index in [9.17, 15) is 4.79 Å². The van der Waals surface area contributed by atoms with Crippen LogP contribution in [0.5, 0.6) is 5.75 Å². The molecule has 5 heteroatoms. The molecule has 0 radical (unpaired) electrons. The summed E-state index contributed by atoms with van der Waals surface area (Å²) in [5.41, 5.74) is 3.31. The third kappa shape index (κ3) is 3.74. The van der Waals surface area contributed by atoms with Crippen LogP contribution in [-0.4, -0.2) is 17.0 Å². The molecule has 1 unspecified atom stereocenters. The Morgan fingerprint density at radius 3 is 2.71 bits per heavy atom. The molecule has 0 saturated carbocycles. The summed E-state index contributed by atoms with van der Waals surface area (Å²) >= 11 is 1.47. The van der Waals surface area contributed by atoms with Gasteiger partial charge in [-0.15, -0.1) is 0 Å². The van der Waals surface area contributed by atoms with Gasteiger partial charge in [-0.05, 0) is 55.7 Å². The Labute approximate surface area is 145 Å². The van der Waals surface area contributed by atoms with E-state index < -0.39 is 6.10 Å². The van der Waals surface area contributed by atoms with Gasteiger partial charge in [0.1, 0.15) is 5.75 Å². The molecule has 4 nitrogen and oxygen atoms in total. The number of nitrogens with one attached hydrogen (secondary N) is 1. The number of amides is 1. The number of nitrogens with zero attached hydrogens (tertiary/aromatic N) is 1. The maximum absolute atomic E-state index is 12.3. The van der Waals surface area contributed by atoms with Crippen LogP contribution in [-0.2, 0) is 11.2 Å². The third-order valence-electron chi connectivity index (χ3n) is 3.79. The highest BCUT2D eigenvalue weighted by Gasteiger charge is 2.16. The Bertz CT molecular complexity index is 855. The van der Waals surface area contributed by atoms with Crippen LogP contribution >= 0.6 is 11.3 Å². The van der Waals surface area contributed by atoms with Crippen molar-refractivity contribution >= 4 is 32.6 Å². The fraction of sp³-hybridized carbons (Fsp3) is 0.263. The van der Waals surface area contributed by atoms with Crippen molar-refractivity contribution < 1.29 is 9.53 Å². The topological polar surface area (TPSA) is 51.2 Å². The molecular weight excluding hydrogens is 320 g/mol. The van der Waals surface area contributed by atoms with Crippen molar-refractivity contribution in [2.75, 3.05) is 5.32 Å². The standard InChI is InChI=1S/C19H20N2O2S/c1-4-14-6-8-15(9-7-14)23-13(3)18(22)21-19-20-16-10-5-12(2)11-17(16)24-19/h5-11,13H,4H2,1-3H3,(H,20,21,22). The van der Waals surface area contributed by atoms with Crippen molar-refractivity contribution in [2.24, 2.45) is 0 Å². The largest absolute Gasteiger partial charge is 0.481 e. The second kappa shape index (κ2) is 7.01. The fourth-order valence-corrected chi connectivity index (χ4v) is 3.32. The van der Waals surface area contributed by atoms with E-state index in [0.29, 0.717) is 10.9 Å². The highest BCUT2D eigenvalue weighted by Crippen LogP contribution is 2.27. The molecule has 1 atom stereocenters. The molecule has 0 aliphatic carbocycles. The zero-order valence-corrected chi connectivity index (χ0v) is 14.8. The summed E-state index contributed by atoms with van der Waals surface area (Å²) in [7, 11) is 0. The number of fused-ring (bicyclic) bond motifs is 1. The van der Waals surface area contributed by atoms with Crippen molar-refractivity contribution in [2.45, 2.75) is 33.3 Å².